The topological polar surface area (TPSA) is 30.0 Å². The van der Waals surface area contributed by atoms with E-state index >= 15 is 0 Å². The smallest absolute Gasteiger partial charge is 0.179 e. The molecule has 0 radical (unpaired) electrons. The first-order valence-corrected chi connectivity index (χ1v) is 8.16. The summed E-state index contributed by atoms with van der Waals surface area (Å²) in [5.74, 6) is 0.180. The van der Waals surface area contributed by atoms with Crippen molar-refractivity contribution in [1.82, 2.24) is 4.98 Å². The molecular weight excluding hydrogens is 274 g/mol. The second-order valence-electron chi connectivity index (χ2n) is 5.60. The molecule has 2 aromatic rings. The summed E-state index contributed by atoms with van der Waals surface area (Å²) in [6.45, 7) is 8.53. The Balaban J connectivity index is 2.09. The van der Waals surface area contributed by atoms with E-state index in [0.717, 1.165) is 22.0 Å². The first-order valence-electron chi connectivity index (χ1n) is 6.47. The van der Waals surface area contributed by atoms with Gasteiger partial charge in [0.25, 0.3) is 0 Å². The average molecular weight is 293 g/mol. The number of aromatic nitrogens is 1. The van der Waals surface area contributed by atoms with Gasteiger partial charge < -0.3 is 0 Å². The van der Waals surface area contributed by atoms with Gasteiger partial charge in [0, 0.05) is 15.7 Å². The highest BCUT2D eigenvalue weighted by molar-refractivity contribution is 7.14. The van der Waals surface area contributed by atoms with Gasteiger partial charge in [0.1, 0.15) is 5.01 Å². The molecular formula is C15H19NOS2. The van der Waals surface area contributed by atoms with E-state index in [9.17, 15) is 4.79 Å². The van der Waals surface area contributed by atoms with Crippen molar-refractivity contribution in [2.45, 2.75) is 46.0 Å². The molecule has 2 rings (SSSR count). The lowest BCUT2D eigenvalue weighted by Gasteiger charge is -2.14. The van der Waals surface area contributed by atoms with Crippen LogP contribution >= 0.6 is 22.7 Å². The number of rotatable bonds is 4. The fourth-order valence-corrected chi connectivity index (χ4v) is 3.58. The zero-order valence-electron chi connectivity index (χ0n) is 11.8. The third-order valence-electron chi connectivity index (χ3n) is 2.92. The summed E-state index contributed by atoms with van der Waals surface area (Å²) < 4.78 is 0. The number of hydrogen-bond donors (Lipinski definition) is 0. The molecule has 0 unspecified atom stereocenters. The Labute approximate surface area is 122 Å². The predicted octanol–water partition coefficient (Wildman–Crippen LogP) is 4.49. The van der Waals surface area contributed by atoms with Crippen LogP contribution in [0.2, 0.25) is 0 Å². The highest BCUT2D eigenvalue weighted by Crippen LogP contribution is 2.25. The Bertz CT molecular complexity index is 575. The van der Waals surface area contributed by atoms with Gasteiger partial charge in [-0.1, -0.05) is 27.7 Å². The summed E-state index contributed by atoms with van der Waals surface area (Å²) in [6, 6.07) is 3.98. The van der Waals surface area contributed by atoms with Gasteiger partial charge in [0.15, 0.2) is 5.78 Å². The third-order valence-corrected chi connectivity index (χ3v) is 5.04. The van der Waals surface area contributed by atoms with Gasteiger partial charge in [0.05, 0.1) is 17.0 Å². The number of Topliss-reactive ketones (excluding diaryl/α,β-unsaturated/α-hetero) is 1. The molecule has 0 spiro atoms. The average Bonchev–Trinajstić information content (AvgIpc) is 2.95. The minimum Gasteiger partial charge on any atom is -0.293 e. The summed E-state index contributed by atoms with van der Waals surface area (Å²) >= 11 is 3.18. The van der Waals surface area contributed by atoms with Gasteiger partial charge in [-0.05, 0) is 18.6 Å². The highest BCUT2D eigenvalue weighted by atomic mass is 32.1. The van der Waals surface area contributed by atoms with Gasteiger partial charge in [-0.15, -0.1) is 22.7 Å². The molecule has 0 aliphatic carbocycles. The molecule has 4 heteroatoms. The molecule has 0 atom stereocenters. The second-order valence-corrected chi connectivity index (χ2v) is 7.71. The Morgan fingerprint density at radius 2 is 2.05 bits per heavy atom. The van der Waals surface area contributed by atoms with Gasteiger partial charge in [-0.3, -0.25) is 4.79 Å². The summed E-state index contributed by atoms with van der Waals surface area (Å²) in [7, 11) is 0. The SMILES string of the molecule is CCc1ccc(C(=O)Cc2nc(C(C)(C)C)cs2)s1. The fourth-order valence-electron chi connectivity index (χ4n) is 1.68. The number of hydrogen-bond acceptors (Lipinski definition) is 4. The number of carbonyl (C=O) groups is 1. The highest BCUT2D eigenvalue weighted by Gasteiger charge is 2.19. The normalized spacial score (nSPS) is 11.8. The lowest BCUT2D eigenvalue weighted by molar-refractivity contribution is 0.0996. The number of thiophene rings is 1. The molecule has 0 aromatic carbocycles. The summed E-state index contributed by atoms with van der Waals surface area (Å²) in [6.07, 6.45) is 1.41. The van der Waals surface area contributed by atoms with E-state index < -0.39 is 0 Å². The van der Waals surface area contributed by atoms with Crippen LogP contribution < -0.4 is 0 Å². The maximum absolute atomic E-state index is 12.2. The van der Waals surface area contributed by atoms with Crippen LogP contribution in [0.1, 0.15) is 52.9 Å². The first-order chi connectivity index (χ1) is 8.90. The van der Waals surface area contributed by atoms with Crippen LogP contribution in [0.4, 0.5) is 0 Å². The zero-order chi connectivity index (χ0) is 14.0. The van der Waals surface area contributed by atoms with Crippen LogP contribution in [-0.4, -0.2) is 10.8 Å². The first kappa shape index (κ1) is 14.4. The molecule has 0 aliphatic rings. The standard InChI is InChI=1S/C15H19NOS2/c1-5-10-6-7-12(19-10)11(17)8-14-16-13(9-18-14)15(2,3)4/h6-7,9H,5,8H2,1-4H3. The molecule has 0 aliphatic heterocycles. The molecule has 2 aromatic heterocycles. The summed E-state index contributed by atoms with van der Waals surface area (Å²) in [4.78, 5) is 18.9. The van der Waals surface area contributed by atoms with Gasteiger partial charge in [-0.2, -0.15) is 0 Å². The van der Waals surface area contributed by atoms with Crippen LogP contribution in [0, 0.1) is 0 Å². The lowest BCUT2D eigenvalue weighted by atomic mass is 9.93. The van der Waals surface area contributed by atoms with Crippen LogP contribution in [-0.2, 0) is 18.3 Å². The van der Waals surface area contributed by atoms with E-state index in [1.165, 1.54) is 4.88 Å². The molecule has 0 saturated carbocycles. The van der Waals surface area contributed by atoms with Crippen LogP contribution in [0.25, 0.3) is 0 Å². The van der Waals surface area contributed by atoms with E-state index in [-0.39, 0.29) is 11.2 Å². The quantitative estimate of drug-likeness (QED) is 0.777. The van der Waals surface area contributed by atoms with Crippen molar-refractivity contribution < 1.29 is 4.79 Å². The largest absolute Gasteiger partial charge is 0.293 e. The van der Waals surface area contributed by atoms with Crippen LogP contribution in [0.15, 0.2) is 17.5 Å². The van der Waals surface area contributed by atoms with Crippen molar-refractivity contribution in [1.29, 1.82) is 0 Å². The van der Waals surface area contributed by atoms with Gasteiger partial charge in [-0.25, -0.2) is 4.98 Å². The lowest BCUT2D eigenvalue weighted by Crippen LogP contribution is -2.12. The molecule has 19 heavy (non-hydrogen) atoms. The van der Waals surface area contributed by atoms with Crippen LogP contribution in [0.3, 0.4) is 0 Å². The summed E-state index contributed by atoms with van der Waals surface area (Å²) in [5.41, 5.74) is 1.12. The molecule has 102 valence electrons. The molecule has 0 bridgehead atoms. The van der Waals surface area contributed by atoms with E-state index in [2.05, 4.69) is 38.1 Å². The number of thiazole rings is 1. The Morgan fingerprint density at radius 1 is 1.32 bits per heavy atom. The Kier molecular flexibility index (Phi) is 4.21. The maximum atomic E-state index is 12.2. The molecule has 0 N–H and O–H groups in total. The number of aryl methyl sites for hydroxylation is 1. The molecule has 0 saturated heterocycles. The van der Waals surface area contributed by atoms with Gasteiger partial charge in [0.2, 0.25) is 0 Å². The maximum Gasteiger partial charge on any atom is 0.179 e. The van der Waals surface area contributed by atoms with E-state index in [0.29, 0.717) is 6.42 Å². The minimum atomic E-state index is 0.0517. The molecule has 0 amide bonds. The fraction of sp³-hybridized carbons (Fsp3) is 0.467. The minimum absolute atomic E-state index is 0.0517. The van der Waals surface area contributed by atoms with Crippen molar-refractivity contribution in [2.75, 3.05) is 0 Å². The van der Waals surface area contributed by atoms with Crippen molar-refractivity contribution in [3.63, 3.8) is 0 Å². The van der Waals surface area contributed by atoms with Crippen molar-refractivity contribution >= 4 is 28.5 Å². The Morgan fingerprint density at radius 3 is 2.58 bits per heavy atom. The number of ketones is 1. The van der Waals surface area contributed by atoms with Gasteiger partial charge >= 0.3 is 0 Å². The van der Waals surface area contributed by atoms with Crippen molar-refractivity contribution in [2.24, 2.45) is 0 Å². The molecule has 2 nitrogen and oxygen atoms in total. The Hall–Kier alpha value is -1.00. The van der Waals surface area contributed by atoms with E-state index in [4.69, 9.17) is 0 Å². The third kappa shape index (κ3) is 3.51. The molecule has 0 fully saturated rings. The second kappa shape index (κ2) is 5.55. The van der Waals surface area contributed by atoms with Crippen molar-refractivity contribution in [3.8, 4) is 0 Å². The summed E-state index contributed by atoms with van der Waals surface area (Å²) in [5, 5.41) is 2.98. The van der Waals surface area contributed by atoms with Crippen LogP contribution in [0.5, 0.6) is 0 Å². The molecule has 2 heterocycles. The monoisotopic (exact) mass is 293 g/mol. The van der Waals surface area contributed by atoms with Crippen molar-refractivity contribution in [3.05, 3.63) is 38.0 Å². The zero-order valence-corrected chi connectivity index (χ0v) is 13.5. The number of carbonyl (C=O) groups excluding carboxylic acids is 1. The number of nitrogens with zero attached hydrogens (tertiary/aromatic N) is 1. The van der Waals surface area contributed by atoms with E-state index in [1.807, 2.05) is 12.1 Å². The van der Waals surface area contributed by atoms with E-state index in [1.54, 1.807) is 22.7 Å². The predicted molar refractivity (Wildman–Crippen MR) is 82.5 cm³/mol.